The van der Waals surface area contributed by atoms with E-state index in [1.165, 1.54) is 6.92 Å². The zero-order valence-corrected chi connectivity index (χ0v) is 10.9. The molecule has 20 heavy (non-hydrogen) atoms. The van der Waals surface area contributed by atoms with Crippen LogP contribution in [0.5, 0.6) is 0 Å². The molecule has 0 radical (unpaired) electrons. The highest BCUT2D eigenvalue weighted by Crippen LogP contribution is 2.30. The summed E-state index contributed by atoms with van der Waals surface area (Å²) in [6, 6.07) is 1.60. The van der Waals surface area contributed by atoms with Crippen molar-refractivity contribution in [3.63, 3.8) is 0 Å². The summed E-state index contributed by atoms with van der Waals surface area (Å²) in [6.07, 6.45) is -3.70. The van der Waals surface area contributed by atoms with Gasteiger partial charge in [0.05, 0.1) is 30.6 Å². The van der Waals surface area contributed by atoms with E-state index in [1.807, 2.05) is 0 Å². The molecule has 1 rings (SSSR count). The second-order valence-corrected chi connectivity index (χ2v) is 4.19. The standard InChI is InChI=1S/C12H14FNO6/c1-6-8(3-7(13)4-9(6)14(18)19)12(17)10(15)5-11(16)20-2/h3-4,10,12,15,17H,5H2,1-2H3. The van der Waals surface area contributed by atoms with Crippen molar-refractivity contribution in [3.8, 4) is 0 Å². The second-order valence-electron chi connectivity index (χ2n) is 4.19. The highest BCUT2D eigenvalue weighted by Gasteiger charge is 2.27. The number of benzene rings is 1. The molecule has 2 atom stereocenters. The number of hydrogen-bond acceptors (Lipinski definition) is 6. The summed E-state index contributed by atoms with van der Waals surface area (Å²) >= 11 is 0. The van der Waals surface area contributed by atoms with Gasteiger partial charge in [-0.2, -0.15) is 0 Å². The first-order valence-electron chi connectivity index (χ1n) is 5.65. The highest BCUT2D eigenvalue weighted by atomic mass is 19.1. The van der Waals surface area contributed by atoms with Gasteiger partial charge in [-0.3, -0.25) is 14.9 Å². The summed E-state index contributed by atoms with van der Waals surface area (Å²) in [5.41, 5.74) is -0.634. The van der Waals surface area contributed by atoms with Gasteiger partial charge >= 0.3 is 5.97 Å². The molecule has 110 valence electrons. The number of ether oxygens (including phenoxy) is 1. The summed E-state index contributed by atoms with van der Waals surface area (Å²) < 4.78 is 17.7. The lowest BCUT2D eigenvalue weighted by Gasteiger charge is -2.19. The molecule has 0 saturated carbocycles. The van der Waals surface area contributed by atoms with E-state index in [0.717, 1.165) is 19.2 Å². The smallest absolute Gasteiger partial charge is 0.308 e. The molecule has 8 heteroatoms. The monoisotopic (exact) mass is 287 g/mol. The zero-order valence-electron chi connectivity index (χ0n) is 10.9. The maximum absolute atomic E-state index is 13.3. The predicted octanol–water partition coefficient (Wildman–Crippen LogP) is 1.000. The van der Waals surface area contributed by atoms with Gasteiger partial charge in [0.1, 0.15) is 11.9 Å². The summed E-state index contributed by atoms with van der Waals surface area (Å²) in [5, 5.41) is 30.3. The van der Waals surface area contributed by atoms with Gasteiger partial charge in [0.15, 0.2) is 0 Å². The first-order chi connectivity index (χ1) is 9.27. The van der Waals surface area contributed by atoms with Crippen molar-refractivity contribution in [2.45, 2.75) is 25.6 Å². The van der Waals surface area contributed by atoms with Gasteiger partial charge in [-0.05, 0) is 18.6 Å². The van der Waals surface area contributed by atoms with E-state index >= 15 is 0 Å². The van der Waals surface area contributed by atoms with Crippen LogP contribution in [0.3, 0.4) is 0 Å². The summed E-state index contributed by atoms with van der Waals surface area (Å²) in [5.74, 6) is -1.68. The highest BCUT2D eigenvalue weighted by molar-refractivity contribution is 5.69. The number of methoxy groups -OCH3 is 1. The maximum Gasteiger partial charge on any atom is 0.308 e. The van der Waals surface area contributed by atoms with E-state index in [0.29, 0.717) is 0 Å². The van der Waals surface area contributed by atoms with Gasteiger partial charge in [0, 0.05) is 5.56 Å². The van der Waals surface area contributed by atoms with Gasteiger partial charge in [-0.25, -0.2) is 4.39 Å². The van der Waals surface area contributed by atoms with Gasteiger partial charge in [0.25, 0.3) is 5.69 Å². The van der Waals surface area contributed by atoms with Crippen molar-refractivity contribution >= 4 is 11.7 Å². The SMILES string of the molecule is COC(=O)CC(O)C(O)c1cc(F)cc([N+](=O)[O-])c1C. The van der Waals surface area contributed by atoms with Crippen molar-refractivity contribution in [1.29, 1.82) is 0 Å². The molecule has 0 heterocycles. The number of carbonyl (C=O) groups is 1. The van der Waals surface area contributed by atoms with E-state index in [-0.39, 0.29) is 11.1 Å². The first kappa shape index (κ1) is 16.0. The predicted molar refractivity (Wildman–Crippen MR) is 65.4 cm³/mol. The number of halogens is 1. The molecule has 0 saturated heterocycles. The molecule has 0 spiro atoms. The number of aliphatic hydroxyl groups is 2. The summed E-state index contributed by atoms with van der Waals surface area (Å²) in [7, 11) is 1.11. The number of nitro benzene ring substituents is 1. The molecule has 0 fully saturated rings. The Morgan fingerprint density at radius 1 is 1.50 bits per heavy atom. The van der Waals surface area contributed by atoms with E-state index in [4.69, 9.17) is 0 Å². The average molecular weight is 287 g/mol. The van der Waals surface area contributed by atoms with Crippen LogP contribution in [-0.2, 0) is 9.53 Å². The Bertz CT molecular complexity index is 533. The number of esters is 1. The van der Waals surface area contributed by atoms with Crippen LogP contribution >= 0.6 is 0 Å². The molecular weight excluding hydrogens is 273 g/mol. The fourth-order valence-electron chi connectivity index (χ4n) is 1.76. The van der Waals surface area contributed by atoms with E-state index in [1.54, 1.807) is 0 Å². The maximum atomic E-state index is 13.3. The van der Waals surface area contributed by atoms with Crippen LogP contribution in [0, 0.1) is 22.9 Å². The van der Waals surface area contributed by atoms with E-state index < -0.39 is 41.0 Å². The fourth-order valence-corrected chi connectivity index (χ4v) is 1.76. The third kappa shape index (κ3) is 3.49. The molecule has 0 aliphatic heterocycles. The lowest BCUT2D eigenvalue weighted by atomic mass is 9.96. The first-order valence-corrected chi connectivity index (χ1v) is 5.65. The van der Waals surface area contributed by atoms with E-state index in [2.05, 4.69) is 4.74 Å². The third-order valence-corrected chi connectivity index (χ3v) is 2.87. The molecule has 7 nitrogen and oxygen atoms in total. The summed E-state index contributed by atoms with van der Waals surface area (Å²) in [6.45, 7) is 1.32. The van der Waals surface area contributed by atoms with Gasteiger partial charge in [0.2, 0.25) is 0 Å². The lowest BCUT2D eigenvalue weighted by molar-refractivity contribution is -0.385. The van der Waals surface area contributed by atoms with Crippen molar-refractivity contribution in [2.75, 3.05) is 7.11 Å². The molecule has 1 aromatic rings. The van der Waals surface area contributed by atoms with Gasteiger partial charge in [-0.1, -0.05) is 0 Å². The molecule has 1 aromatic carbocycles. The van der Waals surface area contributed by atoms with Crippen LogP contribution in [-0.4, -0.2) is 34.3 Å². The molecule has 0 aliphatic rings. The van der Waals surface area contributed by atoms with E-state index in [9.17, 15) is 29.5 Å². The van der Waals surface area contributed by atoms with Crippen molar-refractivity contribution in [2.24, 2.45) is 0 Å². The summed E-state index contributed by atoms with van der Waals surface area (Å²) in [4.78, 5) is 21.0. The Morgan fingerprint density at radius 3 is 2.60 bits per heavy atom. The molecule has 2 unspecified atom stereocenters. The largest absolute Gasteiger partial charge is 0.469 e. The van der Waals surface area contributed by atoms with Crippen molar-refractivity contribution in [3.05, 3.63) is 39.2 Å². The number of hydrogen-bond donors (Lipinski definition) is 2. The van der Waals surface area contributed by atoms with Crippen molar-refractivity contribution < 1.29 is 29.1 Å². The topological polar surface area (TPSA) is 110 Å². The number of nitro groups is 1. The van der Waals surface area contributed by atoms with Crippen LogP contribution in [0.25, 0.3) is 0 Å². The molecule has 0 aromatic heterocycles. The van der Waals surface area contributed by atoms with Crippen molar-refractivity contribution in [1.82, 2.24) is 0 Å². The molecule has 0 bridgehead atoms. The second kappa shape index (κ2) is 6.40. The van der Waals surface area contributed by atoms with Crippen LogP contribution in [0.4, 0.5) is 10.1 Å². The number of aliphatic hydroxyl groups excluding tert-OH is 2. The van der Waals surface area contributed by atoms with Gasteiger partial charge < -0.3 is 14.9 Å². The lowest BCUT2D eigenvalue weighted by Crippen LogP contribution is -2.23. The minimum atomic E-state index is -1.64. The number of carbonyl (C=O) groups excluding carboxylic acids is 1. The minimum Gasteiger partial charge on any atom is -0.469 e. The Morgan fingerprint density at radius 2 is 2.10 bits per heavy atom. The quantitative estimate of drug-likeness (QED) is 0.475. The molecular formula is C12H14FNO6. The van der Waals surface area contributed by atoms with Crippen LogP contribution < -0.4 is 0 Å². The Kier molecular flexibility index (Phi) is 5.12. The van der Waals surface area contributed by atoms with Crippen LogP contribution in [0.1, 0.15) is 23.7 Å². The minimum absolute atomic E-state index is 0.0211. The molecule has 0 amide bonds. The molecule has 2 N–H and O–H groups in total. The Labute approximate surface area is 113 Å². The van der Waals surface area contributed by atoms with Crippen LogP contribution in [0.2, 0.25) is 0 Å². The number of rotatable bonds is 5. The Balaban J connectivity index is 3.12. The molecule has 0 aliphatic carbocycles. The Hall–Kier alpha value is -2.06. The fraction of sp³-hybridized carbons (Fsp3) is 0.417. The van der Waals surface area contributed by atoms with Crippen LogP contribution in [0.15, 0.2) is 12.1 Å². The zero-order chi connectivity index (χ0) is 15.4. The number of nitrogens with zero attached hydrogens (tertiary/aromatic N) is 1. The van der Waals surface area contributed by atoms with Gasteiger partial charge in [-0.15, -0.1) is 0 Å². The average Bonchev–Trinajstić information content (AvgIpc) is 2.39. The normalized spacial score (nSPS) is 13.7. The third-order valence-electron chi connectivity index (χ3n) is 2.87.